The van der Waals surface area contributed by atoms with E-state index in [1.54, 1.807) is 26.8 Å². The number of ether oxygens (including phenoxy) is 1. The predicted octanol–water partition coefficient (Wildman–Crippen LogP) is 2.84. The first-order valence-corrected chi connectivity index (χ1v) is 6.54. The Kier molecular flexibility index (Phi) is 3.93. The van der Waals surface area contributed by atoms with Crippen LogP contribution >= 0.6 is 0 Å². The van der Waals surface area contributed by atoms with Crippen molar-refractivity contribution in [2.24, 2.45) is 0 Å². The molecule has 0 spiro atoms. The normalized spacial score (nSPS) is 17.9. The summed E-state index contributed by atoms with van der Waals surface area (Å²) in [5.74, 6) is 0. The molecule has 1 aliphatic rings. The predicted molar refractivity (Wildman–Crippen MR) is 75.7 cm³/mol. The Morgan fingerprint density at radius 1 is 1.48 bits per heavy atom. The average molecular weight is 291 g/mol. The molecule has 0 bridgehead atoms. The van der Waals surface area contributed by atoms with Gasteiger partial charge in [0.2, 0.25) is 0 Å². The van der Waals surface area contributed by atoms with Gasteiger partial charge >= 0.3 is 6.09 Å². The van der Waals surface area contributed by atoms with Crippen LogP contribution in [0.4, 0.5) is 10.5 Å². The highest BCUT2D eigenvalue weighted by Gasteiger charge is 2.31. The summed E-state index contributed by atoms with van der Waals surface area (Å²) in [7, 11) is 0. The molecule has 0 N–H and O–H groups in total. The summed E-state index contributed by atoms with van der Waals surface area (Å²) in [4.78, 5) is 27.9. The summed E-state index contributed by atoms with van der Waals surface area (Å²) < 4.78 is 5.35. The average Bonchev–Trinajstić information content (AvgIpc) is 2.86. The highest BCUT2D eigenvalue weighted by Crippen LogP contribution is 2.27. The van der Waals surface area contributed by atoms with Gasteiger partial charge in [-0.3, -0.25) is 20.0 Å². The smallest absolute Gasteiger partial charge is 0.411 e. The molecule has 0 aliphatic carbocycles. The summed E-state index contributed by atoms with van der Waals surface area (Å²) in [5, 5.41) is 10.6. The van der Waals surface area contributed by atoms with Crippen molar-refractivity contribution in [3.63, 3.8) is 0 Å². The van der Waals surface area contributed by atoms with E-state index in [4.69, 9.17) is 4.74 Å². The second-order valence-electron chi connectivity index (χ2n) is 5.70. The van der Waals surface area contributed by atoms with Crippen molar-refractivity contribution < 1.29 is 14.5 Å². The lowest BCUT2D eigenvalue weighted by Crippen LogP contribution is -2.37. The molecule has 21 heavy (non-hydrogen) atoms. The first-order chi connectivity index (χ1) is 9.78. The van der Waals surface area contributed by atoms with Gasteiger partial charge in [0.25, 0.3) is 5.69 Å². The summed E-state index contributed by atoms with van der Waals surface area (Å²) in [6.45, 7) is 5.83. The molecule has 112 valence electrons. The lowest BCUT2D eigenvalue weighted by atomic mass is 10.2. The lowest BCUT2D eigenvalue weighted by molar-refractivity contribution is -0.385. The number of carbonyl (C=O) groups excluding carboxylic acids is 1. The highest BCUT2D eigenvalue weighted by atomic mass is 16.6. The van der Waals surface area contributed by atoms with Gasteiger partial charge in [-0.1, -0.05) is 12.2 Å². The molecular formula is C14H17N3O4. The van der Waals surface area contributed by atoms with Crippen molar-refractivity contribution in [2.75, 3.05) is 6.54 Å². The van der Waals surface area contributed by atoms with E-state index < -0.39 is 16.6 Å². The Labute approximate surface area is 122 Å². The first kappa shape index (κ1) is 15.0. The van der Waals surface area contributed by atoms with Crippen LogP contribution in [0.25, 0.3) is 0 Å². The Balaban J connectivity index is 2.16. The van der Waals surface area contributed by atoms with Gasteiger partial charge in [0.15, 0.2) is 0 Å². The van der Waals surface area contributed by atoms with Gasteiger partial charge in [-0.2, -0.15) is 0 Å². The van der Waals surface area contributed by atoms with Crippen LogP contribution in [0, 0.1) is 10.1 Å². The first-order valence-electron chi connectivity index (χ1n) is 6.54. The number of hydrogen-bond donors (Lipinski definition) is 0. The molecule has 1 unspecified atom stereocenters. The van der Waals surface area contributed by atoms with Crippen LogP contribution in [0.2, 0.25) is 0 Å². The molecule has 0 saturated carbocycles. The summed E-state index contributed by atoms with van der Waals surface area (Å²) in [5.41, 5.74) is -0.0858. The molecule has 1 aromatic heterocycles. The van der Waals surface area contributed by atoms with E-state index in [0.717, 1.165) is 0 Å². The molecule has 0 saturated heterocycles. The van der Waals surface area contributed by atoms with Crippen molar-refractivity contribution in [2.45, 2.75) is 32.4 Å². The van der Waals surface area contributed by atoms with Crippen molar-refractivity contribution >= 4 is 11.8 Å². The van der Waals surface area contributed by atoms with E-state index >= 15 is 0 Å². The molecule has 1 aliphatic heterocycles. The van der Waals surface area contributed by atoms with Crippen LogP contribution in [0.15, 0.2) is 30.5 Å². The van der Waals surface area contributed by atoms with E-state index in [-0.39, 0.29) is 11.7 Å². The molecular weight excluding hydrogens is 274 g/mol. The van der Waals surface area contributed by atoms with Crippen LogP contribution in [-0.4, -0.2) is 33.0 Å². The fourth-order valence-corrected chi connectivity index (χ4v) is 1.97. The monoisotopic (exact) mass is 291 g/mol. The highest BCUT2D eigenvalue weighted by molar-refractivity contribution is 5.70. The Morgan fingerprint density at radius 3 is 2.71 bits per heavy atom. The second-order valence-corrected chi connectivity index (χ2v) is 5.70. The fourth-order valence-electron chi connectivity index (χ4n) is 1.97. The van der Waals surface area contributed by atoms with Gasteiger partial charge in [0, 0.05) is 12.6 Å². The molecule has 0 fully saturated rings. The van der Waals surface area contributed by atoms with Crippen LogP contribution < -0.4 is 0 Å². The quantitative estimate of drug-likeness (QED) is 0.475. The second kappa shape index (κ2) is 5.51. The van der Waals surface area contributed by atoms with E-state index in [1.165, 1.54) is 17.2 Å². The van der Waals surface area contributed by atoms with E-state index in [9.17, 15) is 14.9 Å². The number of rotatable bonds is 2. The van der Waals surface area contributed by atoms with Crippen molar-refractivity contribution in [3.05, 3.63) is 46.3 Å². The third-order valence-electron chi connectivity index (χ3n) is 2.87. The van der Waals surface area contributed by atoms with Gasteiger partial charge in [0.1, 0.15) is 11.8 Å². The Bertz CT molecular complexity index is 575. The number of pyridine rings is 1. The lowest BCUT2D eigenvalue weighted by Gasteiger charge is -2.28. The van der Waals surface area contributed by atoms with Crippen molar-refractivity contribution in [1.29, 1.82) is 0 Å². The van der Waals surface area contributed by atoms with E-state index in [0.29, 0.717) is 12.2 Å². The summed E-state index contributed by atoms with van der Waals surface area (Å²) >= 11 is 0. The molecule has 2 heterocycles. The maximum Gasteiger partial charge on any atom is 0.411 e. The topological polar surface area (TPSA) is 85.6 Å². The van der Waals surface area contributed by atoms with Gasteiger partial charge in [-0.25, -0.2) is 4.79 Å². The number of nitrogens with zero attached hydrogens (tertiary/aromatic N) is 3. The minimum absolute atomic E-state index is 0.0791. The molecule has 7 nitrogen and oxygen atoms in total. The van der Waals surface area contributed by atoms with Crippen LogP contribution in [-0.2, 0) is 4.74 Å². The molecule has 0 aromatic carbocycles. The standard InChI is InChI=1S/C14H17N3O4/c1-14(2,3)21-13(18)16-8-4-5-12(16)11-7-6-10(9-15-11)17(19)20/h4-7,9,12H,8H2,1-3H3. The van der Waals surface area contributed by atoms with Gasteiger partial charge in [-0.05, 0) is 26.8 Å². The maximum atomic E-state index is 12.1. The van der Waals surface area contributed by atoms with Crippen molar-refractivity contribution in [1.82, 2.24) is 9.88 Å². The van der Waals surface area contributed by atoms with Gasteiger partial charge < -0.3 is 4.74 Å². The number of carbonyl (C=O) groups is 1. The minimum Gasteiger partial charge on any atom is -0.444 e. The molecule has 1 aromatic rings. The molecule has 2 rings (SSSR count). The zero-order valence-corrected chi connectivity index (χ0v) is 12.1. The number of nitro groups is 1. The largest absolute Gasteiger partial charge is 0.444 e. The third kappa shape index (κ3) is 3.56. The summed E-state index contributed by atoms with van der Waals surface area (Å²) in [6, 6.07) is 2.57. The number of aromatic nitrogens is 1. The van der Waals surface area contributed by atoms with E-state index in [1.807, 2.05) is 12.2 Å². The van der Waals surface area contributed by atoms with Gasteiger partial charge in [-0.15, -0.1) is 0 Å². The van der Waals surface area contributed by atoms with Crippen LogP contribution in [0.5, 0.6) is 0 Å². The summed E-state index contributed by atoms with van der Waals surface area (Å²) in [6.07, 6.45) is 4.43. The van der Waals surface area contributed by atoms with Crippen LogP contribution in [0.1, 0.15) is 32.5 Å². The van der Waals surface area contributed by atoms with Crippen molar-refractivity contribution in [3.8, 4) is 0 Å². The number of amides is 1. The minimum atomic E-state index is -0.576. The molecule has 1 atom stereocenters. The Hall–Kier alpha value is -2.44. The van der Waals surface area contributed by atoms with Gasteiger partial charge in [0.05, 0.1) is 16.7 Å². The maximum absolute atomic E-state index is 12.1. The third-order valence-corrected chi connectivity index (χ3v) is 2.87. The van der Waals surface area contributed by atoms with Crippen LogP contribution in [0.3, 0.4) is 0 Å². The Morgan fingerprint density at radius 2 is 2.19 bits per heavy atom. The van der Waals surface area contributed by atoms with E-state index in [2.05, 4.69) is 4.98 Å². The molecule has 0 radical (unpaired) electrons. The molecule has 1 amide bonds. The number of hydrogen-bond acceptors (Lipinski definition) is 5. The molecule has 7 heteroatoms. The SMILES string of the molecule is CC(C)(C)OC(=O)N1CC=CC1c1ccc([N+](=O)[O-])cn1. The fraction of sp³-hybridized carbons (Fsp3) is 0.429. The zero-order valence-electron chi connectivity index (χ0n) is 12.1. The zero-order chi connectivity index (χ0) is 15.6.